The third-order valence-corrected chi connectivity index (χ3v) is 3.92. The molecule has 2 aromatic rings. The van der Waals surface area contributed by atoms with Gasteiger partial charge in [-0.05, 0) is 0 Å². The van der Waals surface area contributed by atoms with E-state index in [1.54, 1.807) is 36.4 Å². The van der Waals surface area contributed by atoms with Crippen LogP contribution in [0.4, 0.5) is 0 Å². The summed E-state index contributed by atoms with van der Waals surface area (Å²) < 4.78 is 26.4. The monoisotopic (exact) mass is 278 g/mol. The summed E-state index contributed by atoms with van der Waals surface area (Å²) in [5.41, 5.74) is 0. The van der Waals surface area contributed by atoms with E-state index in [9.17, 15) is 7.84 Å². The predicted octanol–water partition coefficient (Wildman–Crippen LogP) is 1.33. The van der Waals surface area contributed by atoms with Crippen molar-refractivity contribution in [3.8, 4) is 11.5 Å². The SMILES string of the molecule is O=[AsH](O)c1ccccc1Oc1ccccc1. The molecule has 1 atom stereocenters. The number of ether oxygens (including phenoxy) is 1. The van der Waals surface area contributed by atoms with Crippen LogP contribution in [0.1, 0.15) is 0 Å². The number of hydrogen-bond donors (Lipinski definition) is 1. The van der Waals surface area contributed by atoms with Gasteiger partial charge in [-0.15, -0.1) is 0 Å². The Balaban J connectivity index is 2.31. The second-order valence-corrected chi connectivity index (χ2v) is 5.63. The quantitative estimate of drug-likeness (QED) is 0.862. The average Bonchev–Trinajstić information content (AvgIpc) is 2.31. The van der Waals surface area contributed by atoms with Crippen LogP contribution in [0.3, 0.4) is 0 Å². The van der Waals surface area contributed by atoms with Gasteiger partial charge in [0, 0.05) is 0 Å². The fourth-order valence-electron chi connectivity index (χ4n) is 1.35. The molecule has 2 rings (SSSR count). The van der Waals surface area contributed by atoms with E-state index < -0.39 is 14.9 Å². The van der Waals surface area contributed by atoms with E-state index in [1.807, 2.05) is 18.2 Å². The summed E-state index contributed by atoms with van der Waals surface area (Å²) in [5.74, 6) is 1.12. The van der Waals surface area contributed by atoms with Crippen molar-refractivity contribution in [2.45, 2.75) is 0 Å². The molecule has 0 aliphatic carbocycles. The van der Waals surface area contributed by atoms with Crippen LogP contribution in [-0.2, 0) is 3.74 Å². The van der Waals surface area contributed by atoms with E-state index >= 15 is 0 Å². The molecular formula is C12H11AsO3. The van der Waals surface area contributed by atoms with Gasteiger partial charge in [0.1, 0.15) is 0 Å². The van der Waals surface area contributed by atoms with Gasteiger partial charge in [0.25, 0.3) is 0 Å². The van der Waals surface area contributed by atoms with Crippen LogP contribution < -0.4 is 9.09 Å². The predicted molar refractivity (Wildman–Crippen MR) is 62.6 cm³/mol. The van der Waals surface area contributed by atoms with Crippen molar-refractivity contribution in [1.82, 2.24) is 0 Å². The van der Waals surface area contributed by atoms with Gasteiger partial charge in [-0.25, -0.2) is 0 Å². The number of para-hydroxylation sites is 2. The second-order valence-electron chi connectivity index (χ2n) is 3.22. The molecule has 0 spiro atoms. The zero-order chi connectivity index (χ0) is 11.4. The van der Waals surface area contributed by atoms with Gasteiger partial charge in [0.15, 0.2) is 0 Å². The van der Waals surface area contributed by atoms with Crippen molar-refractivity contribution in [2.24, 2.45) is 0 Å². The fraction of sp³-hybridized carbons (Fsp3) is 0. The summed E-state index contributed by atoms with van der Waals surface area (Å²) >= 11 is -3.35. The Hall–Kier alpha value is -1.44. The van der Waals surface area contributed by atoms with E-state index in [0.29, 0.717) is 15.9 Å². The van der Waals surface area contributed by atoms with E-state index in [0.717, 1.165) is 0 Å². The second kappa shape index (κ2) is 5.06. The maximum atomic E-state index is 11.2. The van der Waals surface area contributed by atoms with Crippen molar-refractivity contribution < 1.29 is 12.6 Å². The van der Waals surface area contributed by atoms with Crippen LogP contribution in [0.2, 0.25) is 0 Å². The Labute approximate surface area is 98.1 Å². The van der Waals surface area contributed by atoms with Crippen molar-refractivity contribution in [1.29, 1.82) is 0 Å². The van der Waals surface area contributed by atoms with Crippen LogP contribution in [0.25, 0.3) is 0 Å². The number of benzene rings is 2. The molecule has 0 aromatic heterocycles. The first-order valence-electron chi connectivity index (χ1n) is 4.82. The van der Waals surface area contributed by atoms with Crippen LogP contribution >= 0.6 is 0 Å². The molecule has 3 nitrogen and oxygen atoms in total. The Morgan fingerprint density at radius 1 is 0.938 bits per heavy atom. The van der Waals surface area contributed by atoms with Crippen LogP contribution in [0.5, 0.6) is 11.5 Å². The van der Waals surface area contributed by atoms with Gasteiger partial charge in [-0.2, -0.15) is 0 Å². The van der Waals surface area contributed by atoms with E-state index in [4.69, 9.17) is 4.74 Å². The van der Waals surface area contributed by atoms with Crippen molar-refractivity contribution in [3.63, 3.8) is 0 Å². The topological polar surface area (TPSA) is 46.5 Å². The molecule has 1 N–H and O–H groups in total. The molecule has 0 amide bonds. The molecule has 0 heterocycles. The Morgan fingerprint density at radius 3 is 2.25 bits per heavy atom. The van der Waals surface area contributed by atoms with Gasteiger partial charge in [0.2, 0.25) is 0 Å². The minimum atomic E-state index is -3.35. The number of hydrogen-bond acceptors (Lipinski definition) is 2. The summed E-state index contributed by atoms with van der Waals surface area (Å²) in [7, 11) is 0. The summed E-state index contributed by atoms with van der Waals surface area (Å²) in [5, 5.41) is 0. The first kappa shape index (κ1) is 11.1. The molecule has 0 saturated heterocycles. The zero-order valence-electron chi connectivity index (χ0n) is 8.46. The zero-order valence-corrected chi connectivity index (χ0v) is 10.6. The molecule has 0 aliphatic rings. The van der Waals surface area contributed by atoms with E-state index in [2.05, 4.69) is 0 Å². The molecule has 4 heteroatoms. The Kier molecular flexibility index (Phi) is 3.50. The van der Waals surface area contributed by atoms with Crippen LogP contribution in [-0.4, -0.2) is 19.0 Å². The molecule has 0 saturated carbocycles. The molecule has 16 heavy (non-hydrogen) atoms. The van der Waals surface area contributed by atoms with Crippen molar-refractivity contribution in [3.05, 3.63) is 54.6 Å². The molecule has 0 radical (unpaired) electrons. The van der Waals surface area contributed by atoms with Crippen LogP contribution in [0, 0.1) is 0 Å². The van der Waals surface area contributed by atoms with Gasteiger partial charge in [0.05, 0.1) is 0 Å². The number of rotatable bonds is 3. The average molecular weight is 278 g/mol. The summed E-state index contributed by atoms with van der Waals surface area (Å²) in [6.07, 6.45) is 0. The van der Waals surface area contributed by atoms with E-state index in [-0.39, 0.29) is 0 Å². The third-order valence-electron chi connectivity index (χ3n) is 2.09. The molecule has 0 bridgehead atoms. The molecular weight excluding hydrogens is 267 g/mol. The van der Waals surface area contributed by atoms with Crippen molar-refractivity contribution in [2.75, 3.05) is 0 Å². The Morgan fingerprint density at radius 2 is 1.56 bits per heavy atom. The first-order valence-corrected chi connectivity index (χ1v) is 7.67. The molecule has 0 aliphatic heterocycles. The molecule has 1 unspecified atom stereocenters. The van der Waals surface area contributed by atoms with Crippen molar-refractivity contribution >= 4 is 19.3 Å². The minimum absolute atomic E-state index is 0.409. The molecule has 82 valence electrons. The molecule has 2 aromatic carbocycles. The summed E-state index contributed by atoms with van der Waals surface area (Å²) in [4.78, 5) is 0. The maximum absolute atomic E-state index is 11.2. The first-order chi connectivity index (χ1) is 7.77. The van der Waals surface area contributed by atoms with Gasteiger partial charge < -0.3 is 0 Å². The van der Waals surface area contributed by atoms with Gasteiger partial charge in [-0.3, -0.25) is 0 Å². The standard InChI is InChI=1S/C12H11AsO3/c14-13(15)11-8-4-5-9-12(11)16-10-6-2-1-3-7-10/h1-9,13H,(H,14,15). The summed E-state index contributed by atoms with van der Waals surface area (Å²) in [6.45, 7) is 0. The normalized spacial score (nSPS) is 12.1. The van der Waals surface area contributed by atoms with Gasteiger partial charge in [-0.1, -0.05) is 0 Å². The summed E-state index contributed by atoms with van der Waals surface area (Å²) in [6, 6.07) is 16.0. The van der Waals surface area contributed by atoms with E-state index in [1.165, 1.54) is 0 Å². The van der Waals surface area contributed by atoms with Crippen LogP contribution in [0.15, 0.2) is 54.6 Å². The third kappa shape index (κ3) is 2.57. The molecule has 0 fully saturated rings. The Bertz CT molecular complexity index is 497. The van der Waals surface area contributed by atoms with Gasteiger partial charge >= 0.3 is 98.0 Å². The fourth-order valence-corrected chi connectivity index (χ4v) is 2.57.